The zero-order chi connectivity index (χ0) is 17.9. The molecule has 1 aromatic heterocycles. The predicted molar refractivity (Wildman–Crippen MR) is 85.6 cm³/mol. The Balaban J connectivity index is 2.28. The Bertz CT molecular complexity index is 811. The minimum Gasteiger partial charge on any atom is -0.465 e. The summed E-state index contributed by atoms with van der Waals surface area (Å²) < 4.78 is 17.9. The molecule has 0 bridgehead atoms. The third kappa shape index (κ3) is 3.68. The summed E-state index contributed by atoms with van der Waals surface area (Å²) in [5, 5.41) is 2.54. The minimum absolute atomic E-state index is 0.164. The number of rotatable bonds is 5. The van der Waals surface area contributed by atoms with Crippen molar-refractivity contribution in [1.29, 1.82) is 0 Å². The molecule has 0 saturated carbocycles. The highest BCUT2D eigenvalue weighted by Crippen LogP contribution is 2.21. The van der Waals surface area contributed by atoms with Crippen LogP contribution in [0.3, 0.4) is 0 Å². The van der Waals surface area contributed by atoms with Crippen molar-refractivity contribution in [3.8, 4) is 0 Å². The summed E-state index contributed by atoms with van der Waals surface area (Å²) in [6.07, 6.45) is -0.185. The van der Waals surface area contributed by atoms with E-state index in [1.165, 1.54) is 32.2 Å². The lowest BCUT2D eigenvalue weighted by Crippen LogP contribution is -2.17. The van der Waals surface area contributed by atoms with Crippen molar-refractivity contribution < 1.29 is 23.5 Å². The third-order valence-electron chi connectivity index (χ3n) is 3.51. The molecule has 0 aliphatic heterocycles. The van der Waals surface area contributed by atoms with E-state index >= 15 is 0 Å². The molecular weight excluding hydrogens is 315 g/mol. The van der Waals surface area contributed by atoms with Gasteiger partial charge in [0.25, 0.3) is 0 Å². The maximum Gasteiger partial charge on any atom is 0.339 e. The van der Waals surface area contributed by atoms with Gasteiger partial charge < -0.3 is 15.0 Å². The van der Waals surface area contributed by atoms with Crippen LogP contribution in [-0.2, 0) is 16.0 Å². The number of amides is 1. The van der Waals surface area contributed by atoms with Crippen molar-refractivity contribution in [3.63, 3.8) is 0 Å². The Morgan fingerprint density at radius 3 is 2.58 bits per heavy atom. The number of ether oxygens (including phenoxy) is 1. The van der Waals surface area contributed by atoms with E-state index in [2.05, 4.69) is 10.3 Å². The molecule has 1 heterocycles. The number of H-pyrrole nitrogens is 1. The van der Waals surface area contributed by atoms with E-state index in [-0.39, 0.29) is 29.2 Å². The molecule has 0 fully saturated rings. The lowest BCUT2D eigenvalue weighted by atomic mass is 10.1. The van der Waals surface area contributed by atoms with Crippen molar-refractivity contribution >= 4 is 23.3 Å². The van der Waals surface area contributed by atoms with E-state index in [1.807, 2.05) is 0 Å². The number of anilines is 1. The zero-order valence-electron chi connectivity index (χ0n) is 13.5. The van der Waals surface area contributed by atoms with E-state index in [0.29, 0.717) is 11.3 Å². The van der Waals surface area contributed by atoms with Crippen molar-refractivity contribution in [2.24, 2.45) is 0 Å². The average molecular weight is 332 g/mol. The Morgan fingerprint density at radius 1 is 1.29 bits per heavy atom. The highest BCUT2D eigenvalue weighted by Gasteiger charge is 2.24. The highest BCUT2D eigenvalue weighted by molar-refractivity contribution is 6.02. The molecule has 6 nitrogen and oxygen atoms in total. The second-order valence-corrected chi connectivity index (χ2v) is 5.26. The number of esters is 1. The van der Waals surface area contributed by atoms with Crippen molar-refractivity contribution in [2.75, 3.05) is 12.4 Å². The fraction of sp³-hybridized carbons (Fsp3) is 0.235. The van der Waals surface area contributed by atoms with Crippen molar-refractivity contribution in [2.45, 2.75) is 20.3 Å². The number of halogens is 1. The molecule has 0 spiro atoms. The molecule has 1 amide bonds. The Hall–Kier alpha value is -2.96. The van der Waals surface area contributed by atoms with Gasteiger partial charge >= 0.3 is 5.97 Å². The van der Waals surface area contributed by atoms with Gasteiger partial charge in [-0.15, -0.1) is 0 Å². The van der Waals surface area contributed by atoms with Gasteiger partial charge in [-0.2, -0.15) is 0 Å². The maximum atomic E-state index is 13.1. The molecule has 1 aromatic carbocycles. The summed E-state index contributed by atoms with van der Waals surface area (Å²) in [7, 11) is 1.22. The second-order valence-electron chi connectivity index (χ2n) is 5.26. The van der Waals surface area contributed by atoms with E-state index in [4.69, 9.17) is 4.74 Å². The molecule has 0 aliphatic carbocycles. The van der Waals surface area contributed by atoms with Crippen LogP contribution in [0.15, 0.2) is 24.3 Å². The van der Waals surface area contributed by atoms with Crippen molar-refractivity contribution in [1.82, 2.24) is 4.98 Å². The normalized spacial score (nSPS) is 10.3. The largest absolute Gasteiger partial charge is 0.465 e. The van der Waals surface area contributed by atoms with Gasteiger partial charge in [-0.3, -0.25) is 9.59 Å². The maximum absolute atomic E-state index is 13.1. The van der Waals surface area contributed by atoms with Gasteiger partial charge in [0, 0.05) is 18.3 Å². The van der Waals surface area contributed by atoms with Gasteiger partial charge in [0.05, 0.1) is 24.8 Å². The van der Waals surface area contributed by atoms with E-state index in [0.717, 1.165) is 0 Å². The van der Waals surface area contributed by atoms with Crippen molar-refractivity contribution in [3.05, 3.63) is 52.6 Å². The summed E-state index contributed by atoms with van der Waals surface area (Å²) in [6.45, 7) is 2.96. The molecule has 126 valence electrons. The van der Waals surface area contributed by atoms with Crippen LogP contribution in [0.5, 0.6) is 0 Å². The third-order valence-corrected chi connectivity index (χ3v) is 3.51. The number of aromatic nitrogens is 1. The minimum atomic E-state index is -0.634. The molecule has 7 heteroatoms. The summed E-state index contributed by atoms with van der Waals surface area (Å²) in [5.41, 5.74) is 1.43. The number of hydrogen-bond acceptors (Lipinski definition) is 4. The van der Waals surface area contributed by atoms with Gasteiger partial charge in [0.1, 0.15) is 5.82 Å². The molecule has 2 N–H and O–H groups in total. The fourth-order valence-electron chi connectivity index (χ4n) is 2.45. The summed E-state index contributed by atoms with van der Waals surface area (Å²) in [4.78, 5) is 38.5. The molecule has 2 aromatic rings. The molecule has 0 atom stereocenters. The average Bonchev–Trinajstić information content (AvgIpc) is 2.83. The van der Waals surface area contributed by atoms with Crippen LogP contribution in [0.25, 0.3) is 0 Å². The van der Waals surface area contributed by atoms with E-state index in [9.17, 15) is 18.8 Å². The second kappa shape index (κ2) is 7.08. The van der Waals surface area contributed by atoms with Crippen LogP contribution >= 0.6 is 0 Å². The summed E-state index contributed by atoms with van der Waals surface area (Å²) >= 11 is 0. The standard InChI is InChI=1S/C17H17FN2O4/c1-9-15(17(23)24-3)13(20-16(9)10(2)21)8-14(22)19-12-6-4-5-11(18)7-12/h4-7,20H,8H2,1-3H3,(H,19,22). The van der Waals surface area contributed by atoms with Gasteiger partial charge in [-0.25, -0.2) is 9.18 Å². The van der Waals surface area contributed by atoms with Crippen LogP contribution < -0.4 is 5.32 Å². The number of carbonyl (C=O) groups is 3. The van der Waals surface area contributed by atoms with Gasteiger partial charge in [0.2, 0.25) is 5.91 Å². The molecule has 0 unspecified atom stereocenters. The number of hydrogen-bond donors (Lipinski definition) is 2. The predicted octanol–water partition coefficient (Wildman–Crippen LogP) is 2.63. The van der Waals surface area contributed by atoms with Gasteiger partial charge in [0.15, 0.2) is 5.78 Å². The number of Topliss-reactive ketones (excluding diaryl/α,β-unsaturated/α-hetero) is 1. The number of aromatic amines is 1. The molecule has 0 aliphatic rings. The molecule has 2 rings (SSSR count). The first kappa shape index (κ1) is 17.4. The lowest BCUT2D eigenvalue weighted by molar-refractivity contribution is -0.115. The smallest absolute Gasteiger partial charge is 0.339 e. The van der Waals surface area contributed by atoms with Crippen LogP contribution in [0.4, 0.5) is 10.1 Å². The molecule has 24 heavy (non-hydrogen) atoms. The highest BCUT2D eigenvalue weighted by atomic mass is 19.1. The molecular formula is C17H17FN2O4. The number of nitrogens with one attached hydrogen (secondary N) is 2. The SMILES string of the molecule is COC(=O)c1c(CC(=O)Nc2cccc(F)c2)[nH]c(C(C)=O)c1C. The van der Waals surface area contributed by atoms with E-state index < -0.39 is 17.7 Å². The first-order chi connectivity index (χ1) is 11.3. The van der Waals surface area contributed by atoms with Gasteiger partial charge in [-0.1, -0.05) is 6.07 Å². The quantitative estimate of drug-likeness (QED) is 0.651. The monoisotopic (exact) mass is 332 g/mol. The van der Waals surface area contributed by atoms with Crippen LogP contribution in [0.1, 0.15) is 39.0 Å². The Morgan fingerprint density at radius 2 is 2.00 bits per heavy atom. The lowest BCUT2D eigenvalue weighted by Gasteiger charge is -2.06. The molecule has 0 saturated heterocycles. The fourth-order valence-corrected chi connectivity index (χ4v) is 2.45. The van der Waals surface area contributed by atoms with E-state index in [1.54, 1.807) is 13.0 Å². The number of methoxy groups -OCH3 is 1. The Kier molecular flexibility index (Phi) is 5.13. The first-order valence-corrected chi connectivity index (χ1v) is 7.19. The van der Waals surface area contributed by atoms with Crippen LogP contribution in [0.2, 0.25) is 0 Å². The van der Waals surface area contributed by atoms with Crippen LogP contribution in [-0.4, -0.2) is 29.8 Å². The number of ketones is 1. The molecule has 0 radical (unpaired) electrons. The van der Waals surface area contributed by atoms with Crippen LogP contribution in [0, 0.1) is 12.7 Å². The Labute approximate surface area is 138 Å². The van der Waals surface area contributed by atoms with Gasteiger partial charge in [-0.05, 0) is 30.7 Å². The first-order valence-electron chi connectivity index (χ1n) is 7.19. The number of carbonyl (C=O) groups excluding carboxylic acids is 3. The summed E-state index contributed by atoms with van der Waals surface area (Å²) in [6, 6.07) is 5.46. The summed E-state index contributed by atoms with van der Waals surface area (Å²) in [5.74, 6) is -1.82. The topological polar surface area (TPSA) is 88.3 Å². The zero-order valence-corrected chi connectivity index (χ0v) is 13.5. The number of benzene rings is 1.